The first-order valence-corrected chi connectivity index (χ1v) is 6.85. The van der Waals surface area contributed by atoms with E-state index < -0.39 is 5.97 Å². The maximum Gasteiger partial charge on any atom is 0.339 e. The monoisotopic (exact) mass is 261 g/mol. The van der Waals surface area contributed by atoms with Crippen LogP contribution >= 0.6 is 0 Å². The first kappa shape index (κ1) is 12.3. The largest absolute Gasteiger partial charge is 0.496 e. The predicted molar refractivity (Wildman–Crippen MR) is 72.8 cm³/mol. The molecule has 2 N–H and O–H groups in total. The molecule has 3 unspecified atom stereocenters. The number of methoxy groups -OCH3 is 1. The lowest BCUT2D eigenvalue weighted by molar-refractivity contribution is 0.0693. The standard InChI is InChI=1S/C15H19NO3/c1-19-14-8-11(4-5-12(14)15(17)18)16-13-7-9-2-3-10(13)6-9/h4-5,8-10,13,16H,2-3,6-7H2,1H3,(H,17,18). The van der Waals surface area contributed by atoms with Crippen molar-refractivity contribution in [3.05, 3.63) is 23.8 Å². The molecule has 0 amide bonds. The Bertz CT molecular complexity index is 500. The third kappa shape index (κ3) is 2.27. The molecule has 4 heteroatoms. The molecule has 2 fully saturated rings. The van der Waals surface area contributed by atoms with Crippen LogP contribution in [0.2, 0.25) is 0 Å². The smallest absolute Gasteiger partial charge is 0.339 e. The van der Waals surface area contributed by atoms with Gasteiger partial charge in [-0.1, -0.05) is 6.42 Å². The Morgan fingerprint density at radius 3 is 2.79 bits per heavy atom. The molecular weight excluding hydrogens is 242 g/mol. The zero-order chi connectivity index (χ0) is 13.4. The molecule has 1 aromatic rings. The third-order valence-electron chi connectivity index (χ3n) is 4.52. The highest BCUT2D eigenvalue weighted by Crippen LogP contribution is 2.45. The molecule has 2 saturated carbocycles. The second kappa shape index (κ2) is 4.76. The molecular formula is C15H19NO3. The van der Waals surface area contributed by atoms with E-state index in [0.29, 0.717) is 11.8 Å². The minimum Gasteiger partial charge on any atom is -0.496 e. The third-order valence-corrected chi connectivity index (χ3v) is 4.52. The molecule has 2 aliphatic carbocycles. The fourth-order valence-corrected chi connectivity index (χ4v) is 3.59. The van der Waals surface area contributed by atoms with E-state index in [4.69, 9.17) is 9.84 Å². The second-order valence-electron chi connectivity index (χ2n) is 5.65. The highest BCUT2D eigenvalue weighted by molar-refractivity contribution is 5.91. The maximum atomic E-state index is 11.0. The van der Waals surface area contributed by atoms with Gasteiger partial charge in [0.1, 0.15) is 11.3 Å². The van der Waals surface area contributed by atoms with Crippen LogP contribution < -0.4 is 10.1 Å². The summed E-state index contributed by atoms with van der Waals surface area (Å²) in [4.78, 5) is 11.0. The molecule has 0 aliphatic heterocycles. The first-order chi connectivity index (χ1) is 9.17. The Kier molecular flexibility index (Phi) is 3.09. The highest BCUT2D eigenvalue weighted by Gasteiger charge is 2.39. The number of carboxylic acid groups (broad SMARTS) is 1. The van der Waals surface area contributed by atoms with Crippen LogP contribution in [0.4, 0.5) is 5.69 Å². The lowest BCUT2D eigenvalue weighted by Gasteiger charge is -2.24. The number of benzene rings is 1. The maximum absolute atomic E-state index is 11.0. The Morgan fingerprint density at radius 2 is 2.21 bits per heavy atom. The predicted octanol–water partition coefficient (Wildman–Crippen LogP) is 2.99. The van der Waals surface area contributed by atoms with Gasteiger partial charge in [-0.05, 0) is 43.2 Å². The fraction of sp³-hybridized carbons (Fsp3) is 0.533. The summed E-state index contributed by atoms with van der Waals surface area (Å²) in [5, 5.41) is 12.6. The van der Waals surface area contributed by atoms with E-state index in [2.05, 4.69) is 5.32 Å². The van der Waals surface area contributed by atoms with Crippen LogP contribution in [-0.2, 0) is 0 Å². The number of carboxylic acids is 1. The van der Waals surface area contributed by atoms with Gasteiger partial charge in [-0.2, -0.15) is 0 Å². The molecule has 102 valence electrons. The summed E-state index contributed by atoms with van der Waals surface area (Å²) in [6.45, 7) is 0. The van der Waals surface area contributed by atoms with E-state index in [1.165, 1.54) is 32.8 Å². The number of ether oxygens (including phenoxy) is 1. The number of aromatic carboxylic acids is 1. The summed E-state index contributed by atoms with van der Waals surface area (Å²) in [5.41, 5.74) is 1.17. The number of hydrogen-bond acceptors (Lipinski definition) is 3. The van der Waals surface area contributed by atoms with E-state index in [-0.39, 0.29) is 5.56 Å². The van der Waals surface area contributed by atoms with Gasteiger partial charge in [-0.25, -0.2) is 4.79 Å². The van der Waals surface area contributed by atoms with Crippen molar-refractivity contribution in [1.29, 1.82) is 0 Å². The number of fused-ring (bicyclic) bond motifs is 2. The van der Waals surface area contributed by atoms with Gasteiger partial charge >= 0.3 is 5.97 Å². The van der Waals surface area contributed by atoms with Crippen molar-refractivity contribution < 1.29 is 14.6 Å². The summed E-state index contributed by atoms with van der Waals surface area (Å²) in [6, 6.07) is 5.77. The number of anilines is 1. The van der Waals surface area contributed by atoms with Gasteiger partial charge in [0.25, 0.3) is 0 Å². The van der Waals surface area contributed by atoms with E-state index in [1.54, 1.807) is 12.1 Å². The van der Waals surface area contributed by atoms with Crippen molar-refractivity contribution in [1.82, 2.24) is 0 Å². The summed E-state index contributed by atoms with van der Waals surface area (Å²) >= 11 is 0. The van der Waals surface area contributed by atoms with E-state index in [0.717, 1.165) is 17.5 Å². The Balaban J connectivity index is 1.76. The van der Waals surface area contributed by atoms with Crippen molar-refractivity contribution in [3.8, 4) is 5.75 Å². The SMILES string of the molecule is COc1cc(NC2CC3CCC2C3)ccc1C(=O)O. The molecule has 19 heavy (non-hydrogen) atoms. The van der Waals surface area contributed by atoms with Gasteiger partial charge in [-0.15, -0.1) is 0 Å². The van der Waals surface area contributed by atoms with Crippen LogP contribution in [0.1, 0.15) is 36.0 Å². The lowest BCUT2D eigenvalue weighted by atomic mass is 9.95. The second-order valence-corrected chi connectivity index (χ2v) is 5.65. The zero-order valence-electron chi connectivity index (χ0n) is 11.1. The molecule has 3 rings (SSSR count). The van der Waals surface area contributed by atoms with Gasteiger partial charge in [0, 0.05) is 17.8 Å². The Morgan fingerprint density at radius 1 is 1.37 bits per heavy atom. The fourth-order valence-electron chi connectivity index (χ4n) is 3.59. The van der Waals surface area contributed by atoms with Gasteiger partial charge in [-0.3, -0.25) is 0 Å². The molecule has 2 bridgehead atoms. The molecule has 0 saturated heterocycles. The Hall–Kier alpha value is -1.71. The average Bonchev–Trinajstić information content (AvgIpc) is 3.00. The number of nitrogens with one attached hydrogen (secondary N) is 1. The van der Waals surface area contributed by atoms with Gasteiger partial charge in [0.15, 0.2) is 0 Å². The molecule has 3 atom stereocenters. The molecule has 0 heterocycles. The number of rotatable bonds is 4. The zero-order valence-corrected chi connectivity index (χ0v) is 11.1. The minimum atomic E-state index is -0.955. The normalized spacial score (nSPS) is 28.4. The van der Waals surface area contributed by atoms with Crippen LogP contribution in [0.25, 0.3) is 0 Å². The first-order valence-electron chi connectivity index (χ1n) is 6.85. The lowest BCUT2D eigenvalue weighted by Crippen LogP contribution is -2.25. The van der Waals surface area contributed by atoms with Crippen molar-refractivity contribution >= 4 is 11.7 Å². The van der Waals surface area contributed by atoms with Gasteiger partial charge in [0.05, 0.1) is 7.11 Å². The van der Waals surface area contributed by atoms with Crippen molar-refractivity contribution in [2.45, 2.75) is 31.7 Å². The number of hydrogen-bond donors (Lipinski definition) is 2. The molecule has 4 nitrogen and oxygen atoms in total. The molecule has 0 radical (unpaired) electrons. The highest BCUT2D eigenvalue weighted by atomic mass is 16.5. The summed E-state index contributed by atoms with van der Waals surface area (Å²) in [5.74, 6) is 1.14. The molecule has 2 aliphatic rings. The summed E-state index contributed by atoms with van der Waals surface area (Å²) < 4.78 is 5.15. The summed E-state index contributed by atoms with van der Waals surface area (Å²) in [7, 11) is 1.50. The van der Waals surface area contributed by atoms with Crippen molar-refractivity contribution in [3.63, 3.8) is 0 Å². The average molecular weight is 261 g/mol. The van der Waals surface area contributed by atoms with Crippen LogP contribution in [-0.4, -0.2) is 24.2 Å². The van der Waals surface area contributed by atoms with Gasteiger partial charge < -0.3 is 15.2 Å². The molecule has 0 aromatic heterocycles. The minimum absolute atomic E-state index is 0.209. The van der Waals surface area contributed by atoms with Gasteiger partial charge in [0.2, 0.25) is 0 Å². The molecule has 1 aromatic carbocycles. The summed E-state index contributed by atoms with van der Waals surface area (Å²) in [6.07, 6.45) is 5.30. The van der Waals surface area contributed by atoms with E-state index in [1.807, 2.05) is 6.07 Å². The van der Waals surface area contributed by atoms with Crippen molar-refractivity contribution in [2.24, 2.45) is 11.8 Å². The van der Waals surface area contributed by atoms with Crippen LogP contribution in [0.5, 0.6) is 5.75 Å². The Labute approximate surface area is 112 Å². The number of carbonyl (C=O) groups is 1. The topological polar surface area (TPSA) is 58.6 Å². The molecule has 0 spiro atoms. The van der Waals surface area contributed by atoms with Crippen LogP contribution in [0.3, 0.4) is 0 Å². The van der Waals surface area contributed by atoms with E-state index in [9.17, 15) is 4.79 Å². The quantitative estimate of drug-likeness (QED) is 0.874. The van der Waals surface area contributed by atoms with Crippen molar-refractivity contribution in [2.75, 3.05) is 12.4 Å². The van der Waals surface area contributed by atoms with Crippen LogP contribution in [0.15, 0.2) is 18.2 Å². The van der Waals surface area contributed by atoms with Crippen LogP contribution in [0, 0.1) is 11.8 Å². The van der Waals surface area contributed by atoms with E-state index >= 15 is 0 Å².